The fraction of sp³-hybridized carbons (Fsp3) is 0.857. The molecule has 0 aromatic rings. The van der Waals surface area contributed by atoms with Crippen molar-refractivity contribution in [3.05, 3.63) is 12.2 Å². The molecule has 0 aromatic carbocycles. The van der Waals surface area contributed by atoms with Crippen LogP contribution < -0.4 is 0 Å². The lowest BCUT2D eigenvalue weighted by Gasteiger charge is -2.73. The van der Waals surface area contributed by atoms with Crippen LogP contribution >= 0.6 is 0 Å². The van der Waals surface area contributed by atoms with Crippen molar-refractivity contribution in [3.63, 3.8) is 0 Å². The van der Waals surface area contributed by atoms with E-state index in [9.17, 15) is 0 Å². The highest BCUT2D eigenvalue weighted by Crippen LogP contribution is 2.77. The summed E-state index contributed by atoms with van der Waals surface area (Å²) in [7, 11) is 0. The lowest BCUT2D eigenvalue weighted by molar-refractivity contribution is -0.226. The standard InChI is InChI=1S/C14H24/c1-11(2)6-5-7-13-8-14(9-13,10-13)12(3)4/h5-6,11-12H,7-10H2,1-4H3/b6-5+. The minimum atomic E-state index is 0.724. The van der Waals surface area contributed by atoms with E-state index >= 15 is 0 Å². The Morgan fingerprint density at radius 1 is 1.07 bits per heavy atom. The number of allylic oxidation sites excluding steroid dienone is 2. The first kappa shape index (κ1) is 10.3. The predicted octanol–water partition coefficient (Wildman–Crippen LogP) is 4.42. The number of hydrogen-bond acceptors (Lipinski definition) is 0. The third kappa shape index (κ3) is 1.43. The van der Waals surface area contributed by atoms with E-state index in [1.807, 2.05) is 0 Å². The highest BCUT2D eigenvalue weighted by Gasteiger charge is 2.67. The van der Waals surface area contributed by atoms with Crippen LogP contribution in [0.2, 0.25) is 0 Å². The lowest BCUT2D eigenvalue weighted by atomic mass is 9.31. The largest absolute Gasteiger partial charge is 0.0877 e. The summed E-state index contributed by atoms with van der Waals surface area (Å²) in [5.74, 6) is 1.64. The van der Waals surface area contributed by atoms with Gasteiger partial charge in [0.1, 0.15) is 0 Å². The molecule has 0 radical (unpaired) electrons. The molecule has 0 nitrogen and oxygen atoms in total. The molecule has 14 heavy (non-hydrogen) atoms. The molecule has 0 aromatic heterocycles. The SMILES string of the molecule is CC(C)/C=C/CC12CC(C(C)C)(C1)C2. The zero-order valence-electron chi connectivity index (χ0n) is 10.1. The Morgan fingerprint density at radius 3 is 2.07 bits per heavy atom. The monoisotopic (exact) mass is 192 g/mol. The van der Waals surface area contributed by atoms with Crippen molar-refractivity contribution in [2.24, 2.45) is 22.7 Å². The molecule has 2 bridgehead atoms. The highest BCUT2D eigenvalue weighted by atomic mass is 14.7. The summed E-state index contributed by atoms with van der Waals surface area (Å²) in [4.78, 5) is 0. The van der Waals surface area contributed by atoms with E-state index in [4.69, 9.17) is 0 Å². The maximum Gasteiger partial charge on any atom is -0.0247 e. The molecule has 0 spiro atoms. The van der Waals surface area contributed by atoms with Gasteiger partial charge in [-0.3, -0.25) is 0 Å². The summed E-state index contributed by atoms with van der Waals surface area (Å²) in [6.45, 7) is 9.31. The fourth-order valence-corrected chi connectivity index (χ4v) is 3.50. The minimum absolute atomic E-state index is 0.724. The Balaban J connectivity index is 1.78. The second-order valence-corrected chi connectivity index (χ2v) is 6.42. The van der Waals surface area contributed by atoms with Crippen molar-refractivity contribution in [3.8, 4) is 0 Å². The zero-order valence-corrected chi connectivity index (χ0v) is 10.1. The molecule has 3 aliphatic carbocycles. The van der Waals surface area contributed by atoms with Gasteiger partial charge in [0, 0.05) is 0 Å². The molecular formula is C14H24. The molecule has 0 saturated heterocycles. The van der Waals surface area contributed by atoms with Crippen LogP contribution in [-0.4, -0.2) is 0 Å². The van der Waals surface area contributed by atoms with Crippen molar-refractivity contribution >= 4 is 0 Å². The zero-order chi connectivity index (χ0) is 10.4. The van der Waals surface area contributed by atoms with Crippen molar-refractivity contribution < 1.29 is 0 Å². The van der Waals surface area contributed by atoms with E-state index in [0.29, 0.717) is 0 Å². The van der Waals surface area contributed by atoms with Crippen molar-refractivity contribution in [2.45, 2.75) is 53.4 Å². The summed E-state index contributed by atoms with van der Waals surface area (Å²) in [6, 6.07) is 0. The third-order valence-electron chi connectivity index (χ3n) is 4.48. The summed E-state index contributed by atoms with van der Waals surface area (Å²) < 4.78 is 0. The maximum absolute atomic E-state index is 2.42. The van der Waals surface area contributed by atoms with Crippen LogP contribution in [-0.2, 0) is 0 Å². The molecular weight excluding hydrogens is 168 g/mol. The number of hydrogen-bond donors (Lipinski definition) is 0. The van der Waals surface area contributed by atoms with E-state index < -0.39 is 0 Å². The van der Waals surface area contributed by atoms with E-state index in [-0.39, 0.29) is 0 Å². The first-order chi connectivity index (χ1) is 6.48. The second kappa shape index (κ2) is 3.12. The molecule has 0 heterocycles. The Kier molecular flexibility index (Phi) is 2.28. The average Bonchev–Trinajstić information content (AvgIpc) is 1.89. The smallest absolute Gasteiger partial charge is 0.0247 e. The molecule has 80 valence electrons. The summed E-state index contributed by atoms with van der Waals surface area (Å²) in [5, 5.41) is 0. The first-order valence-electron chi connectivity index (χ1n) is 6.15. The normalized spacial score (nSPS) is 40.4. The molecule has 3 rings (SSSR count). The van der Waals surface area contributed by atoms with Crippen LogP contribution in [0.25, 0.3) is 0 Å². The predicted molar refractivity (Wildman–Crippen MR) is 62.2 cm³/mol. The maximum atomic E-state index is 2.42. The first-order valence-corrected chi connectivity index (χ1v) is 6.15. The van der Waals surface area contributed by atoms with Crippen molar-refractivity contribution in [1.29, 1.82) is 0 Å². The van der Waals surface area contributed by atoms with Gasteiger partial charge in [-0.25, -0.2) is 0 Å². The summed E-state index contributed by atoms with van der Waals surface area (Å²) in [6.07, 6.45) is 10.7. The van der Waals surface area contributed by atoms with E-state index in [2.05, 4.69) is 39.8 Å². The van der Waals surface area contributed by atoms with E-state index in [1.165, 1.54) is 25.7 Å². The Morgan fingerprint density at radius 2 is 1.64 bits per heavy atom. The number of rotatable bonds is 4. The van der Waals surface area contributed by atoms with Gasteiger partial charge in [-0.2, -0.15) is 0 Å². The highest BCUT2D eigenvalue weighted by molar-refractivity contribution is 5.19. The van der Waals surface area contributed by atoms with Crippen LogP contribution in [0.1, 0.15) is 53.4 Å². The van der Waals surface area contributed by atoms with Gasteiger partial charge in [-0.1, -0.05) is 39.8 Å². The van der Waals surface area contributed by atoms with Crippen LogP contribution in [0, 0.1) is 22.7 Å². The van der Waals surface area contributed by atoms with Crippen LogP contribution in [0.4, 0.5) is 0 Å². The third-order valence-corrected chi connectivity index (χ3v) is 4.48. The quantitative estimate of drug-likeness (QED) is 0.579. The molecule has 0 N–H and O–H groups in total. The Bertz CT molecular complexity index is 225. The lowest BCUT2D eigenvalue weighted by Crippen LogP contribution is -2.63. The van der Waals surface area contributed by atoms with Crippen molar-refractivity contribution in [1.82, 2.24) is 0 Å². The second-order valence-electron chi connectivity index (χ2n) is 6.42. The van der Waals surface area contributed by atoms with E-state index in [1.54, 1.807) is 0 Å². The Hall–Kier alpha value is -0.260. The van der Waals surface area contributed by atoms with Crippen molar-refractivity contribution in [2.75, 3.05) is 0 Å². The summed E-state index contributed by atoms with van der Waals surface area (Å²) in [5.41, 5.74) is 1.54. The minimum Gasteiger partial charge on any atom is -0.0877 e. The molecule has 0 unspecified atom stereocenters. The van der Waals surface area contributed by atoms with Gasteiger partial charge in [0.05, 0.1) is 0 Å². The van der Waals surface area contributed by atoms with Gasteiger partial charge >= 0.3 is 0 Å². The molecule has 3 aliphatic rings. The summed E-state index contributed by atoms with van der Waals surface area (Å²) >= 11 is 0. The van der Waals surface area contributed by atoms with Gasteiger partial charge in [-0.15, -0.1) is 0 Å². The van der Waals surface area contributed by atoms with Gasteiger partial charge in [0.15, 0.2) is 0 Å². The van der Waals surface area contributed by atoms with Gasteiger partial charge in [0.25, 0.3) is 0 Å². The fourth-order valence-electron chi connectivity index (χ4n) is 3.50. The molecule has 0 amide bonds. The topological polar surface area (TPSA) is 0 Å². The molecule has 0 aliphatic heterocycles. The molecule has 0 atom stereocenters. The Labute approximate surface area is 88.8 Å². The molecule has 3 fully saturated rings. The van der Waals surface area contributed by atoms with Crippen LogP contribution in [0.15, 0.2) is 12.2 Å². The van der Waals surface area contributed by atoms with Gasteiger partial charge in [-0.05, 0) is 48.3 Å². The van der Waals surface area contributed by atoms with Gasteiger partial charge < -0.3 is 0 Å². The van der Waals surface area contributed by atoms with E-state index in [0.717, 1.165) is 22.7 Å². The molecule has 3 saturated carbocycles. The van der Waals surface area contributed by atoms with Gasteiger partial charge in [0.2, 0.25) is 0 Å². The average molecular weight is 192 g/mol. The van der Waals surface area contributed by atoms with Crippen LogP contribution in [0.3, 0.4) is 0 Å². The van der Waals surface area contributed by atoms with Crippen LogP contribution in [0.5, 0.6) is 0 Å². The molecule has 0 heteroatoms.